The molecule has 0 saturated carbocycles. The number of ether oxygens (including phenoxy) is 2. The van der Waals surface area contributed by atoms with Crippen molar-refractivity contribution in [3.8, 4) is 0 Å². The number of rotatable bonds is 6. The summed E-state index contributed by atoms with van der Waals surface area (Å²) in [5.41, 5.74) is -0.0680. The van der Waals surface area contributed by atoms with Crippen LogP contribution in [0.15, 0.2) is 0 Å². The van der Waals surface area contributed by atoms with Crippen LogP contribution < -0.4 is 0 Å². The molecule has 0 spiro atoms. The normalized spacial score (nSPS) is 14.5. The first-order chi connectivity index (χ1) is 5.95. The molecule has 1 unspecified atom stereocenters. The second-order valence-electron chi connectivity index (χ2n) is 4.30. The zero-order valence-corrected chi connectivity index (χ0v) is 9.86. The third-order valence-corrected chi connectivity index (χ3v) is 1.96. The van der Waals surface area contributed by atoms with E-state index >= 15 is 0 Å². The van der Waals surface area contributed by atoms with Crippen molar-refractivity contribution >= 4 is 11.6 Å². The molecule has 0 aromatic heterocycles. The molecule has 0 bridgehead atoms. The van der Waals surface area contributed by atoms with E-state index in [4.69, 9.17) is 21.1 Å². The van der Waals surface area contributed by atoms with Gasteiger partial charge in [-0.1, -0.05) is 6.92 Å². The molecular formula is C10H21ClO2. The van der Waals surface area contributed by atoms with Gasteiger partial charge in [0.15, 0.2) is 0 Å². The monoisotopic (exact) mass is 208 g/mol. The Kier molecular flexibility index (Phi) is 6.74. The standard InChI is InChI=1S/C10H21ClO2/c1-9(7-11)8-12-5-6-13-10(2,3)4/h9H,5-8H2,1-4H3. The van der Waals surface area contributed by atoms with E-state index in [1.54, 1.807) is 0 Å². The lowest BCUT2D eigenvalue weighted by Gasteiger charge is -2.19. The highest BCUT2D eigenvalue weighted by Crippen LogP contribution is 2.06. The van der Waals surface area contributed by atoms with Crippen molar-refractivity contribution in [2.24, 2.45) is 5.92 Å². The molecule has 3 heteroatoms. The molecule has 0 aromatic carbocycles. The quantitative estimate of drug-likeness (QED) is 0.494. The average molecular weight is 209 g/mol. The predicted octanol–water partition coefficient (Wildman–Crippen LogP) is 2.69. The zero-order chi connectivity index (χ0) is 10.3. The fourth-order valence-electron chi connectivity index (χ4n) is 0.736. The van der Waals surface area contributed by atoms with Crippen LogP contribution >= 0.6 is 11.6 Å². The van der Waals surface area contributed by atoms with E-state index in [1.807, 2.05) is 20.8 Å². The van der Waals surface area contributed by atoms with Gasteiger partial charge in [0, 0.05) is 5.88 Å². The minimum atomic E-state index is -0.0680. The van der Waals surface area contributed by atoms with Gasteiger partial charge in [0.2, 0.25) is 0 Å². The largest absolute Gasteiger partial charge is 0.379 e. The van der Waals surface area contributed by atoms with Gasteiger partial charge in [-0.2, -0.15) is 0 Å². The molecule has 0 amide bonds. The summed E-state index contributed by atoms with van der Waals surface area (Å²) in [7, 11) is 0. The van der Waals surface area contributed by atoms with Gasteiger partial charge in [0.05, 0.1) is 25.4 Å². The summed E-state index contributed by atoms with van der Waals surface area (Å²) in [5, 5.41) is 0. The van der Waals surface area contributed by atoms with Crippen LogP contribution in [0.25, 0.3) is 0 Å². The van der Waals surface area contributed by atoms with Crippen molar-refractivity contribution in [1.29, 1.82) is 0 Å². The second kappa shape index (κ2) is 6.63. The van der Waals surface area contributed by atoms with Crippen molar-refractivity contribution < 1.29 is 9.47 Å². The SMILES string of the molecule is CC(CCl)COCCOC(C)(C)C. The Balaban J connectivity index is 3.18. The second-order valence-corrected chi connectivity index (χ2v) is 4.60. The van der Waals surface area contributed by atoms with Crippen LogP contribution in [0.3, 0.4) is 0 Å². The minimum absolute atomic E-state index is 0.0680. The molecule has 1 atom stereocenters. The molecule has 80 valence electrons. The topological polar surface area (TPSA) is 18.5 Å². The van der Waals surface area contributed by atoms with Gasteiger partial charge in [-0.15, -0.1) is 11.6 Å². The molecule has 0 aliphatic rings. The van der Waals surface area contributed by atoms with Gasteiger partial charge in [0.1, 0.15) is 0 Å². The van der Waals surface area contributed by atoms with Crippen molar-refractivity contribution in [1.82, 2.24) is 0 Å². The third kappa shape index (κ3) is 10.1. The first-order valence-corrected chi connectivity index (χ1v) is 5.27. The van der Waals surface area contributed by atoms with Crippen molar-refractivity contribution in [2.45, 2.75) is 33.3 Å². The van der Waals surface area contributed by atoms with Gasteiger partial charge >= 0.3 is 0 Å². The van der Waals surface area contributed by atoms with Crippen LogP contribution in [-0.2, 0) is 9.47 Å². The maximum Gasteiger partial charge on any atom is 0.0707 e. The summed E-state index contributed by atoms with van der Waals surface area (Å²) in [6.45, 7) is 10.2. The molecule has 0 heterocycles. The predicted molar refractivity (Wildman–Crippen MR) is 56.4 cm³/mol. The van der Waals surface area contributed by atoms with Gasteiger partial charge in [-0.05, 0) is 26.7 Å². The summed E-state index contributed by atoms with van der Waals surface area (Å²) in [4.78, 5) is 0. The fraction of sp³-hybridized carbons (Fsp3) is 1.00. The Morgan fingerprint density at radius 1 is 1.23 bits per heavy atom. The number of alkyl halides is 1. The molecule has 0 saturated heterocycles. The summed E-state index contributed by atoms with van der Waals surface area (Å²) < 4.78 is 10.9. The van der Waals surface area contributed by atoms with Crippen molar-refractivity contribution in [2.75, 3.05) is 25.7 Å². The molecule has 0 fully saturated rings. The smallest absolute Gasteiger partial charge is 0.0707 e. The molecule has 0 aromatic rings. The van der Waals surface area contributed by atoms with E-state index in [-0.39, 0.29) is 5.60 Å². The Bertz CT molecular complexity index is 121. The summed E-state index contributed by atoms with van der Waals surface area (Å²) >= 11 is 5.63. The molecule has 13 heavy (non-hydrogen) atoms. The Hall–Kier alpha value is 0.210. The van der Waals surface area contributed by atoms with Crippen LogP contribution in [0.1, 0.15) is 27.7 Å². The number of hydrogen-bond acceptors (Lipinski definition) is 2. The maximum atomic E-state index is 5.63. The lowest BCUT2D eigenvalue weighted by atomic mass is 10.2. The van der Waals surface area contributed by atoms with Gasteiger partial charge in [0.25, 0.3) is 0 Å². The van der Waals surface area contributed by atoms with E-state index in [0.717, 1.165) is 6.61 Å². The first-order valence-electron chi connectivity index (χ1n) is 4.73. The highest BCUT2D eigenvalue weighted by Gasteiger charge is 2.09. The van der Waals surface area contributed by atoms with E-state index in [0.29, 0.717) is 25.0 Å². The summed E-state index contributed by atoms with van der Waals surface area (Å²) in [5.74, 6) is 1.08. The van der Waals surface area contributed by atoms with E-state index in [9.17, 15) is 0 Å². The molecular weight excluding hydrogens is 188 g/mol. The van der Waals surface area contributed by atoms with Crippen LogP contribution in [-0.4, -0.2) is 31.3 Å². The fourth-order valence-corrected chi connectivity index (χ4v) is 0.825. The number of halogens is 1. The van der Waals surface area contributed by atoms with Crippen molar-refractivity contribution in [3.63, 3.8) is 0 Å². The van der Waals surface area contributed by atoms with Crippen LogP contribution in [0.2, 0.25) is 0 Å². The van der Waals surface area contributed by atoms with Gasteiger partial charge in [-0.25, -0.2) is 0 Å². The molecule has 0 rings (SSSR count). The van der Waals surface area contributed by atoms with E-state index < -0.39 is 0 Å². The molecule has 0 radical (unpaired) electrons. The number of hydrogen-bond donors (Lipinski definition) is 0. The van der Waals surface area contributed by atoms with Gasteiger partial charge < -0.3 is 9.47 Å². The van der Waals surface area contributed by atoms with Gasteiger partial charge in [-0.3, -0.25) is 0 Å². The minimum Gasteiger partial charge on any atom is -0.379 e. The first kappa shape index (κ1) is 13.2. The zero-order valence-electron chi connectivity index (χ0n) is 9.10. The van der Waals surface area contributed by atoms with E-state index in [1.165, 1.54) is 0 Å². The lowest BCUT2D eigenvalue weighted by molar-refractivity contribution is -0.0377. The Morgan fingerprint density at radius 2 is 1.85 bits per heavy atom. The van der Waals surface area contributed by atoms with Crippen molar-refractivity contribution in [3.05, 3.63) is 0 Å². The summed E-state index contributed by atoms with van der Waals surface area (Å²) in [6.07, 6.45) is 0. The van der Waals surface area contributed by atoms with Crippen LogP contribution in [0.4, 0.5) is 0 Å². The molecule has 0 aliphatic carbocycles. The molecule has 0 N–H and O–H groups in total. The van der Waals surface area contributed by atoms with Crippen LogP contribution in [0, 0.1) is 5.92 Å². The Labute approximate surface area is 86.6 Å². The Morgan fingerprint density at radius 3 is 2.31 bits per heavy atom. The molecule has 2 nitrogen and oxygen atoms in total. The summed E-state index contributed by atoms with van der Waals surface area (Å²) in [6, 6.07) is 0. The highest BCUT2D eigenvalue weighted by molar-refractivity contribution is 6.18. The average Bonchev–Trinajstić information content (AvgIpc) is 2.01. The third-order valence-electron chi connectivity index (χ3n) is 1.43. The van der Waals surface area contributed by atoms with Crippen LogP contribution in [0.5, 0.6) is 0 Å². The molecule has 0 aliphatic heterocycles. The highest BCUT2D eigenvalue weighted by atomic mass is 35.5. The maximum absolute atomic E-state index is 5.63. The lowest BCUT2D eigenvalue weighted by Crippen LogP contribution is -2.22. The van der Waals surface area contributed by atoms with E-state index in [2.05, 4.69) is 6.92 Å².